The predicted octanol–water partition coefficient (Wildman–Crippen LogP) is 2.56. The molecular formula is C14H20N2O3S. The summed E-state index contributed by atoms with van der Waals surface area (Å²) in [5.74, 6) is 0. The number of thiophene rings is 1. The summed E-state index contributed by atoms with van der Waals surface area (Å²) in [5, 5.41) is 1.96. The van der Waals surface area contributed by atoms with Crippen LogP contribution < -0.4 is 5.56 Å². The molecule has 0 amide bonds. The van der Waals surface area contributed by atoms with Gasteiger partial charge < -0.3 is 9.47 Å². The summed E-state index contributed by atoms with van der Waals surface area (Å²) >= 11 is 1.45. The topological polar surface area (TPSA) is 53.4 Å². The summed E-state index contributed by atoms with van der Waals surface area (Å²) in [6.07, 6.45) is 1.98. The molecule has 0 aromatic carbocycles. The van der Waals surface area contributed by atoms with Crippen molar-refractivity contribution in [3.63, 3.8) is 0 Å². The van der Waals surface area contributed by atoms with E-state index in [4.69, 9.17) is 9.47 Å². The number of ether oxygens (including phenoxy) is 2. The van der Waals surface area contributed by atoms with E-state index in [1.165, 1.54) is 11.3 Å². The highest BCUT2D eigenvalue weighted by Gasteiger charge is 2.11. The number of aryl methyl sites for hydroxylation is 2. The van der Waals surface area contributed by atoms with Crippen molar-refractivity contribution >= 4 is 21.6 Å². The van der Waals surface area contributed by atoms with Crippen molar-refractivity contribution in [2.45, 2.75) is 40.0 Å². The molecule has 0 radical (unpaired) electrons. The minimum atomic E-state index is -0.266. The first-order chi connectivity index (χ1) is 9.67. The number of hydrogen-bond donors (Lipinski definition) is 0. The van der Waals surface area contributed by atoms with Crippen LogP contribution in [0.4, 0.5) is 0 Å². The fraction of sp³-hybridized carbons (Fsp3) is 0.571. The van der Waals surface area contributed by atoms with Gasteiger partial charge in [-0.2, -0.15) is 0 Å². The molecule has 6 heteroatoms. The lowest BCUT2D eigenvalue weighted by molar-refractivity contribution is -0.141. The normalized spacial score (nSPS) is 11.6. The average Bonchev–Trinajstić information content (AvgIpc) is 2.81. The molecule has 0 unspecified atom stereocenters. The van der Waals surface area contributed by atoms with Gasteiger partial charge in [0.15, 0.2) is 6.29 Å². The standard InChI is InChI=1S/C14H20N2O3S/c1-4-18-11(19-5-2)6-7-16-9-15-12-10(3)8-20-13(12)14(16)17/h8-9,11H,4-7H2,1-3H3. The number of fused-ring (bicyclic) bond motifs is 1. The zero-order chi connectivity index (χ0) is 14.5. The van der Waals surface area contributed by atoms with Crippen molar-refractivity contribution in [1.29, 1.82) is 0 Å². The average molecular weight is 296 g/mol. The van der Waals surface area contributed by atoms with Crippen molar-refractivity contribution in [3.8, 4) is 0 Å². The lowest BCUT2D eigenvalue weighted by Gasteiger charge is -2.17. The molecule has 0 saturated heterocycles. The number of hydrogen-bond acceptors (Lipinski definition) is 5. The second-order valence-electron chi connectivity index (χ2n) is 4.47. The van der Waals surface area contributed by atoms with Gasteiger partial charge >= 0.3 is 0 Å². The summed E-state index contributed by atoms with van der Waals surface area (Å²) in [6.45, 7) is 7.57. The van der Waals surface area contributed by atoms with Gasteiger partial charge in [-0.1, -0.05) is 0 Å². The number of nitrogens with zero attached hydrogens (tertiary/aromatic N) is 2. The Kier molecular flexibility index (Phi) is 5.28. The van der Waals surface area contributed by atoms with Crippen LogP contribution in [0.5, 0.6) is 0 Å². The molecular weight excluding hydrogens is 276 g/mol. The lowest BCUT2D eigenvalue weighted by Crippen LogP contribution is -2.25. The molecule has 2 heterocycles. The molecule has 20 heavy (non-hydrogen) atoms. The van der Waals surface area contributed by atoms with Gasteiger partial charge in [0.1, 0.15) is 4.70 Å². The second-order valence-corrected chi connectivity index (χ2v) is 5.35. The number of aromatic nitrogens is 2. The van der Waals surface area contributed by atoms with Gasteiger partial charge in [-0.25, -0.2) is 4.98 Å². The zero-order valence-electron chi connectivity index (χ0n) is 12.1. The third-order valence-electron chi connectivity index (χ3n) is 3.03. The fourth-order valence-electron chi connectivity index (χ4n) is 2.05. The van der Waals surface area contributed by atoms with E-state index in [0.29, 0.717) is 26.2 Å². The first kappa shape index (κ1) is 15.2. The smallest absolute Gasteiger partial charge is 0.271 e. The molecule has 0 aliphatic rings. The van der Waals surface area contributed by atoms with Gasteiger partial charge in [-0.15, -0.1) is 11.3 Å². The maximum Gasteiger partial charge on any atom is 0.271 e. The van der Waals surface area contributed by atoms with Crippen LogP contribution in [0.3, 0.4) is 0 Å². The summed E-state index contributed by atoms with van der Waals surface area (Å²) in [5.41, 5.74) is 1.87. The van der Waals surface area contributed by atoms with Crippen LogP contribution in [0, 0.1) is 6.92 Å². The molecule has 2 aromatic rings. The van der Waals surface area contributed by atoms with E-state index in [9.17, 15) is 4.79 Å². The van der Waals surface area contributed by atoms with Crippen molar-refractivity contribution in [1.82, 2.24) is 9.55 Å². The molecule has 5 nitrogen and oxygen atoms in total. The van der Waals surface area contributed by atoms with Gasteiger partial charge in [0.05, 0.1) is 11.8 Å². The maximum absolute atomic E-state index is 12.3. The van der Waals surface area contributed by atoms with E-state index in [0.717, 1.165) is 15.8 Å². The van der Waals surface area contributed by atoms with Crippen LogP contribution in [-0.4, -0.2) is 29.1 Å². The van der Waals surface area contributed by atoms with E-state index in [1.54, 1.807) is 10.9 Å². The van der Waals surface area contributed by atoms with Crippen LogP contribution in [0.15, 0.2) is 16.5 Å². The maximum atomic E-state index is 12.3. The Bertz CT molecular complexity index is 614. The largest absolute Gasteiger partial charge is 0.353 e. The molecule has 0 saturated carbocycles. The lowest BCUT2D eigenvalue weighted by atomic mass is 10.3. The molecule has 110 valence electrons. The van der Waals surface area contributed by atoms with Gasteiger partial charge in [-0.3, -0.25) is 9.36 Å². The van der Waals surface area contributed by atoms with E-state index < -0.39 is 0 Å². The van der Waals surface area contributed by atoms with Crippen LogP contribution in [0.2, 0.25) is 0 Å². The zero-order valence-corrected chi connectivity index (χ0v) is 12.9. The summed E-state index contributed by atoms with van der Waals surface area (Å²) in [4.78, 5) is 16.7. The van der Waals surface area contributed by atoms with Crippen LogP contribution >= 0.6 is 11.3 Å². The van der Waals surface area contributed by atoms with Crippen molar-refractivity contribution in [2.24, 2.45) is 0 Å². The van der Waals surface area contributed by atoms with Crippen molar-refractivity contribution in [2.75, 3.05) is 13.2 Å². The predicted molar refractivity (Wildman–Crippen MR) is 80.3 cm³/mol. The minimum Gasteiger partial charge on any atom is -0.353 e. The van der Waals surface area contributed by atoms with Crippen LogP contribution in [0.25, 0.3) is 10.2 Å². The van der Waals surface area contributed by atoms with Crippen molar-refractivity contribution in [3.05, 3.63) is 27.6 Å². The Hall–Kier alpha value is -1.24. The molecule has 0 N–H and O–H groups in total. The third kappa shape index (κ3) is 3.26. The highest BCUT2D eigenvalue weighted by atomic mass is 32.1. The van der Waals surface area contributed by atoms with Gasteiger partial charge in [0, 0.05) is 26.2 Å². The first-order valence-corrected chi connectivity index (χ1v) is 7.71. The summed E-state index contributed by atoms with van der Waals surface area (Å²) < 4.78 is 13.3. The summed E-state index contributed by atoms with van der Waals surface area (Å²) in [7, 11) is 0. The molecule has 0 aliphatic heterocycles. The second kappa shape index (κ2) is 6.97. The number of rotatable bonds is 7. The van der Waals surface area contributed by atoms with E-state index in [2.05, 4.69) is 4.98 Å². The highest BCUT2D eigenvalue weighted by molar-refractivity contribution is 7.17. The van der Waals surface area contributed by atoms with Crippen LogP contribution in [-0.2, 0) is 16.0 Å². The van der Waals surface area contributed by atoms with E-state index in [1.807, 2.05) is 26.2 Å². The highest BCUT2D eigenvalue weighted by Crippen LogP contribution is 2.19. The monoisotopic (exact) mass is 296 g/mol. The van der Waals surface area contributed by atoms with E-state index in [-0.39, 0.29) is 11.8 Å². The minimum absolute atomic E-state index is 0.0137. The van der Waals surface area contributed by atoms with Crippen molar-refractivity contribution < 1.29 is 9.47 Å². The Morgan fingerprint density at radius 2 is 2.05 bits per heavy atom. The molecule has 0 aliphatic carbocycles. The Balaban J connectivity index is 2.13. The Labute approximate surface area is 122 Å². The fourth-order valence-corrected chi connectivity index (χ4v) is 3.00. The Morgan fingerprint density at radius 1 is 1.35 bits per heavy atom. The van der Waals surface area contributed by atoms with Crippen LogP contribution in [0.1, 0.15) is 25.8 Å². The van der Waals surface area contributed by atoms with E-state index >= 15 is 0 Å². The quantitative estimate of drug-likeness (QED) is 0.737. The molecule has 0 atom stereocenters. The molecule has 0 bridgehead atoms. The summed E-state index contributed by atoms with van der Waals surface area (Å²) in [6, 6.07) is 0. The molecule has 0 spiro atoms. The molecule has 0 fully saturated rings. The SMILES string of the molecule is CCOC(CCn1cnc2c(C)csc2c1=O)OCC. The molecule has 2 rings (SSSR count). The molecule has 2 aromatic heterocycles. The van der Waals surface area contributed by atoms with Gasteiger partial charge in [-0.05, 0) is 31.7 Å². The third-order valence-corrected chi connectivity index (χ3v) is 4.11. The first-order valence-electron chi connectivity index (χ1n) is 6.83. The Morgan fingerprint density at radius 3 is 2.70 bits per heavy atom. The van der Waals surface area contributed by atoms with Gasteiger partial charge in [0.25, 0.3) is 5.56 Å². The van der Waals surface area contributed by atoms with Gasteiger partial charge in [0.2, 0.25) is 0 Å².